The van der Waals surface area contributed by atoms with Gasteiger partial charge >= 0.3 is 0 Å². The van der Waals surface area contributed by atoms with Crippen molar-refractivity contribution in [3.05, 3.63) is 63.0 Å². The molecule has 2 heterocycles. The highest BCUT2D eigenvalue weighted by molar-refractivity contribution is 7.15. The summed E-state index contributed by atoms with van der Waals surface area (Å²) < 4.78 is 2.46. The van der Waals surface area contributed by atoms with E-state index >= 15 is 0 Å². The molecule has 0 fully saturated rings. The van der Waals surface area contributed by atoms with Gasteiger partial charge in [0.2, 0.25) is 0 Å². The first kappa shape index (κ1) is 10.7. The van der Waals surface area contributed by atoms with Crippen LogP contribution in [-0.4, -0.2) is 9.38 Å². The third-order valence-electron chi connectivity index (χ3n) is 3.26. The molecule has 0 N–H and O–H groups in total. The number of nitrogens with zero attached hydrogens (tertiary/aromatic N) is 2. The predicted molar refractivity (Wildman–Crippen MR) is 78.4 cm³/mol. The highest BCUT2D eigenvalue weighted by atomic mass is 32.1. The van der Waals surface area contributed by atoms with Gasteiger partial charge in [0.15, 0.2) is 4.96 Å². The van der Waals surface area contributed by atoms with E-state index in [2.05, 4.69) is 11.1 Å². The Kier molecular flexibility index (Phi) is 2.19. The molecule has 0 saturated carbocycles. The lowest BCUT2D eigenvalue weighted by atomic mass is 10.2. The first-order chi connectivity index (χ1) is 9.33. The molecule has 1 aliphatic carbocycles. The van der Waals surface area contributed by atoms with Crippen molar-refractivity contribution in [2.75, 3.05) is 0 Å². The lowest BCUT2D eigenvalue weighted by Gasteiger charge is -1.88. The summed E-state index contributed by atoms with van der Waals surface area (Å²) in [7, 11) is 0. The van der Waals surface area contributed by atoms with Crippen LogP contribution < -0.4 is 10.1 Å². The summed E-state index contributed by atoms with van der Waals surface area (Å²) in [4.78, 5) is 17.7. The fourth-order valence-corrected chi connectivity index (χ4v) is 3.35. The fraction of sp³-hybridized carbons (Fsp3) is 0.0667. The van der Waals surface area contributed by atoms with Crippen LogP contribution in [-0.2, 0) is 0 Å². The third-order valence-corrected chi connectivity index (χ3v) is 4.23. The largest absolute Gasteiger partial charge is 0.274 e. The average Bonchev–Trinajstić information content (AvgIpc) is 3.09. The van der Waals surface area contributed by atoms with E-state index in [9.17, 15) is 4.79 Å². The fourth-order valence-electron chi connectivity index (χ4n) is 2.35. The molecule has 19 heavy (non-hydrogen) atoms. The molecule has 92 valence electrons. The Bertz CT molecular complexity index is 959. The standard InChI is InChI=1S/C15H10N2OS/c18-14-13(9-10-5-1-2-6-10)19-15-16-11-7-3-4-8-12(11)17(14)15/h1-5,7-9H,6H2/b13-9-. The zero-order chi connectivity index (χ0) is 12.8. The summed E-state index contributed by atoms with van der Waals surface area (Å²) in [6.07, 6.45) is 9.02. The van der Waals surface area contributed by atoms with Gasteiger partial charge in [0.25, 0.3) is 5.56 Å². The van der Waals surface area contributed by atoms with Crippen LogP contribution in [0.3, 0.4) is 0 Å². The zero-order valence-corrected chi connectivity index (χ0v) is 10.9. The van der Waals surface area contributed by atoms with Gasteiger partial charge < -0.3 is 0 Å². The van der Waals surface area contributed by atoms with Crippen LogP contribution in [0, 0.1) is 0 Å². The van der Waals surface area contributed by atoms with E-state index in [0.29, 0.717) is 0 Å². The molecule has 3 nitrogen and oxygen atoms in total. The number of rotatable bonds is 1. The van der Waals surface area contributed by atoms with Crippen molar-refractivity contribution in [3.8, 4) is 0 Å². The lowest BCUT2D eigenvalue weighted by Crippen LogP contribution is -2.22. The molecular weight excluding hydrogens is 256 g/mol. The van der Waals surface area contributed by atoms with Crippen LogP contribution in [0.4, 0.5) is 0 Å². The van der Waals surface area contributed by atoms with E-state index in [4.69, 9.17) is 0 Å². The Balaban J connectivity index is 2.05. The van der Waals surface area contributed by atoms with Gasteiger partial charge in [-0.25, -0.2) is 9.38 Å². The normalized spacial score (nSPS) is 15.8. The molecule has 1 aliphatic rings. The van der Waals surface area contributed by atoms with Crippen molar-refractivity contribution >= 4 is 33.4 Å². The molecule has 0 unspecified atom stereocenters. The summed E-state index contributed by atoms with van der Waals surface area (Å²) in [6, 6.07) is 7.73. The highest BCUT2D eigenvalue weighted by Crippen LogP contribution is 2.16. The van der Waals surface area contributed by atoms with E-state index in [0.717, 1.165) is 26.9 Å². The molecule has 0 aliphatic heterocycles. The second kappa shape index (κ2) is 3.90. The van der Waals surface area contributed by atoms with Gasteiger partial charge in [0, 0.05) is 0 Å². The number of allylic oxidation sites excluding steroid dienone is 4. The van der Waals surface area contributed by atoms with Gasteiger partial charge in [0.05, 0.1) is 15.6 Å². The number of para-hydroxylation sites is 2. The SMILES string of the molecule is O=c1/c(=C/C2=CC=CC2)sc2nc3ccccc3n12. The van der Waals surface area contributed by atoms with Crippen LogP contribution in [0.2, 0.25) is 0 Å². The van der Waals surface area contributed by atoms with Crippen LogP contribution >= 0.6 is 11.3 Å². The average molecular weight is 266 g/mol. The van der Waals surface area contributed by atoms with Gasteiger partial charge in [0.1, 0.15) is 0 Å². The van der Waals surface area contributed by atoms with Crippen molar-refractivity contribution in [1.82, 2.24) is 9.38 Å². The molecule has 4 heteroatoms. The van der Waals surface area contributed by atoms with Crippen molar-refractivity contribution in [2.24, 2.45) is 0 Å². The highest BCUT2D eigenvalue weighted by Gasteiger charge is 2.10. The van der Waals surface area contributed by atoms with Crippen LogP contribution in [0.25, 0.3) is 22.1 Å². The van der Waals surface area contributed by atoms with Gasteiger partial charge in [-0.05, 0) is 30.2 Å². The minimum atomic E-state index is 0.0292. The van der Waals surface area contributed by atoms with Crippen molar-refractivity contribution in [3.63, 3.8) is 0 Å². The van der Waals surface area contributed by atoms with Gasteiger partial charge in [-0.15, -0.1) is 0 Å². The Morgan fingerprint density at radius 2 is 2.21 bits per heavy atom. The van der Waals surface area contributed by atoms with Gasteiger partial charge in [-0.1, -0.05) is 41.7 Å². The number of hydrogen-bond donors (Lipinski definition) is 0. The quantitative estimate of drug-likeness (QED) is 0.677. The summed E-state index contributed by atoms with van der Waals surface area (Å²) >= 11 is 1.45. The predicted octanol–water partition coefficient (Wildman–Crippen LogP) is 2.29. The van der Waals surface area contributed by atoms with E-state index < -0.39 is 0 Å². The maximum atomic E-state index is 12.4. The third kappa shape index (κ3) is 1.57. The van der Waals surface area contributed by atoms with E-state index in [-0.39, 0.29) is 5.56 Å². The first-order valence-electron chi connectivity index (χ1n) is 6.10. The summed E-state index contributed by atoms with van der Waals surface area (Å²) in [5.74, 6) is 0. The molecule has 0 amide bonds. The number of benzene rings is 1. The van der Waals surface area contributed by atoms with Gasteiger partial charge in [-0.2, -0.15) is 0 Å². The number of imidazole rings is 1. The molecule has 3 aromatic rings. The maximum absolute atomic E-state index is 12.4. The summed E-state index contributed by atoms with van der Waals surface area (Å²) in [5, 5.41) is 0. The molecule has 0 saturated heterocycles. The van der Waals surface area contributed by atoms with E-state index in [1.165, 1.54) is 16.9 Å². The topological polar surface area (TPSA) is 34.4 Å². The maximum Gasteiger partial charge on any atom is 0.274 e. The van der Waals surface area contributed by atoms with E-state index in [1.807, 2.05) is 42.5 Å². The van der Waals surface area contributed by atoms with Gasteiger partial charge in [-0.3, -0.25) is 4.79 Å². The lowest BCUT2D eigenvalue weighted by molar-refractivity contribution is 1.19. The summed E-state index contributed by atoms with van der Waals surface area (Å²) in [5.41, 5.74) is 2.96. The van der Waals surface area contributed by atoms with Crippen molar-refractivity contribution in [2.45, 2.75) is 6.42 Å². The number of aromatic nitrogens is 2. The van der Waals surface area contributed by atoms with Crippen LogP contribution in [0.5, 0.6) is 0 Å². The number of fused-ring (bicyclic) bond motifs is 3. The summed E-state index contributed by atoms with van der Waals surface area (Å²) in [6.45, 7) is 0. The second-order valence-corrected chi connectivity index (χ2v) is 5.52. The van der Waals surface area contributed by atoms with E-state index in [1.54, 1.807) is 4.40 Å². The van der Waals surface area contributed by atoms with Crippen LogP contribution in [0.15, 0.2) is 52.9 Å². The Hall–Kier alpha value is -2.20. The van der Waals surface area contributed by atoms with Crippen LogP contribution in [0.1, 0.15) is 6.42 Å². The molecule has 0 radical (unpaired) electrons. The smallest absolute Gasteiger partial charge is 0.267 e. The molecule has 4 rings (SSSR count). The molecular formula is C15H10N2OS. The zero-order valence-electron chi connectivity index (χ0n) is 10.0. The monoisotopic (exact) mass is 266 g/mol. The van der Waals surface area contributed by atoms with Crippen molar-refractivity contribution in [1.29, 1.82) is 0 Å². The Morgan fingerprint density at radius 3 is 3.05 bits per heavy atom. The molecule has 0 atom stereocenters. The molecule has 0 spiro atoms. The Labute approximate surface area is 112 Å². The minimum absolute atomic E-state index is 0.0292. The molecule has 0 bridgehead atoms. The first-order valence-corrected chi connectivity index (χ1v) is 6.92. The molecule has 2 aromatic heterocycles. The minimum Gasteiger partial charge on any atom is -0.267 e. The van der Waals surface area contributed by atoms with Crippen molar-refractivity contribution < 1.29 is 0 Å². The number of hydrogen-bond acceptors (Lipinski definition) is 3. The Morgan fingerprint density at radius 1 is 1.32 bits per heavy atom. The second-order valence-electron chi connectivity index (χ2n) is 4.51. The number of thiazole rings is 1. The molecule has 1 aromatic carbocycles.